The lowest BCUT2D eigenvalue weighted by Crippen LogP contribution is -1.83. The molecule has 0 aliphatic carbocycles. The Morgan fingerprint density at radius 3 is 3.08 bits per heavy atom. The maximum Gasteiger partial charge on any atom is 0.116 e. The van der Waals surface area contributed by atoms with Crippen molar-refractivity contribution in [2.75, 3.05) is 0 Å². The van der Waals surface area contributed by atoms with Gasteiger partial charge in [-0.3, -0.25) is 0 Å². The van der Waals surface area contributed by atoms with Crippen molar-refractivity contribution < 1.29 is 0 Å². The number of terminal acetylenes is 1. The summed E-state index contributed by atoms with van der Waals surface area (Å²) in [5, 5.41) is 0.933. The Morgan fingerprint density at radius 2 is 2.25 bits per heavy atom. The molecule has 2 nitrogen and oxygen atoms in total. The topological polar surface area (TPSA) is 25.8 Å². The third-order valence-electron chi connectivity index (χ3n) is 1.71. The minimum absolute atomic E-state index is 0.841. The zero-order valence-electron chi connectivity index (χ0n) is 6.36. The second-order valence-electron chi connectivity index (χ2n) is 2.41. The quantitative estimate of drug-likeness (QED) is 0.539. The molecule has 0 N–H and O–H groups in total. The molecule has 0 fully saturated rings. The van der Waals surface area contributed by atoms with Crippen molar-refractivity contribution in [2.45, 2.75) is 0 Å². The largest absolute Gasteiger partial charge is 0.244 e. The molecule has 0 aliphatic rings. The number of fused-ring (bicyclic) bond motifs is 1. The molecule has 2 aromatic rings. The summed E-state index contributed by atoms with van der Waals surface area (Å²) < 4.78 is 0. The molecule has 2 rings (SSSR count). The lowest BCUT2D eigenvalue weighted by Gasteiger charge is -1.96. The summed E-state index contributed by atoms with van der Waals surface area (Å²) in [6.45, 7) is 0. The third-order valence-corrected chi connectivity index (χ3v) is 1.71. The van der Waals surface area contributed by atoms with Crippen molar-refractivity contribution in [3.05, 3.63) is 36.3 Å². The zero-order valence-corrected chi connectivity index (χ0v) is 6.36. The van der Waals surface area contributed by atoms with Crippen LogP contribution in [0.3, 0.4) is 0 Å². The molecule has 0 atom stereocenters. The highest BCUT2D eigenvalue weighted by Crippen LogP contribution is 2.13. The van der Waals surface area contributed by atoms with Crippen LogP contribution in [0.2, 0.25) is 0 Å². The van der Waals surface area contributed by atoms with Gasteiger partial charge in [-0.05, 0) is 12.1 Å². The minimum Gasteiger partial charge on any atom is -0.244 e. The molecule has 1 aromatic heterocycles. The van der Waals surface area contributed by atoms with Gasteiger partial charge in [-0.25, -0.2) is 9.97 Å². The Kier molecular flexibility index (Phi) is 1.49. The Balaban J connectivity index is 2.91. The smallest absolute Gasteiger partial charge is 0.116 e. The summed E-state index contributed by atoms with van der Waals surface area (Å²) in [5.41, 5.74) is 1.73. The fourth-order valence-electron chi connectivity index (χ4n) is 1.13. The molecule has 0 saturated heterocycles. The Hall–Kier alpha value is -1.88. The first kappa shape index (κ1) is 6.81. The van der Waals surface area contributed by atoms with Gasteiger partial charge in [0, 0.05) is 17.1 Å². The summed E-state index contributed by atoms with van der Waals surface area (Å²) in [6, 6.07) is 5.69. The summed E-state index contributed by atoms with van der Waals surface area (Å²) in [5.74, 6) is 2.59. The fourth-order valence-corrected chi connectivity index (χ4v) is 1.13. The van der Waals surface area contributed by atoms with Crippen LogP contribution in [-0.4, -0.2) is 9.97 Å². The van der Waals surface area contributed by atoms with Gasteiger partial charge in [0.05, 0.1) is 5.52 Å². The van der Waals surface area contributed by atoms with E-state index in [4.69, 9.17) is 6.42 Å². The van der Waals surface area contributed by atoms with Gasteiger partial charge in [0.25, 0.3) is 0 Å². The lowest BCUT2D eigenvalue weighted by molar-refractivity contribution is 1.22. The molecule has 1 heterocycles. The van der Waals surface area contributed by atoms with Crippen LogP contribution in [0.4, 0.5) is 0 Å². The summed E-state index contributed by atoms with van der Waals surface area (Å²) in [6.07, 6.45) is 8.56. The van der Waals surface area contributed by atoms with Crippen LogP contribution in [0, 0.1) is 12.3 Å². The number of nitrogens with zero attached hydrogens (tertiary/aromatic N) is 2. The fraction of sp³-hybridized carbons (Fsp3) is 0. The second kappa shape index (κ2) is 2.63. The number of rotatable bonds is 0. The van der Waals surface area contributed by atoms with Crippen molar-refractivity contribution >= 4 is 10.9 Å². The lowest BCUT2D eigenvalue weighted by atomic mass is 10.1. The molecule has 2 heteroatoms. The Morgan fingerprint density at radius 1 is 1.33 bits per heavy atom. The molecule has 56 valence electrons. The molecule has 0 spiro atoms. The highest BCUT2D eigenvalue weighted by molar-refractivity contribution is 5.83. The Labute approximate surface area is 70.3 Å². The van der Waals surface area contributed by atoms with Crippen molar-refractivity contribution in [1.82, 2.24) is 9.97 Å². The van der Waals surface area contributed by atoms with E-state index in [1.54, 1.807) is 6.20 Å². The van der Waals surface area contributed by atoms with E-state index in [2.05, 4.69) is 15.9 Å². The van der Waals surface area contributed by atoms with Crippen LogP contribution in [0.1, 0.15) is 5.56 Å². The van der Waals surface area contributed by atoms with Crippen LogP contribution >= 0.6 is 0 Å². The van der Waals surface area contributed by atoms with Crippen LogP contribution in [-0.2, 0) is 0 Å². The average molecular weight is 154 g/mol. The summed E-state index contributed by atoms with van der Waals surface area (Å²) in [7, 11) is 0. The normalized spacial score (nSPS) is 9.58. The van der Waals surface area contributed by atoms with Gasteiger partial charge in [0.1, 0.15) is 6.33 Å². The number of aromatic nitrogens is 2. The van der Waals surface area contributed by atoms with Crippen LogP contribution in [0.15, 0.2) is 30.7 Å². The van der Waals surface area contributed by atoms with E-state index in [0.717, 1.165) is 16.5 Å². The van der Waals surface area contributed by atoms with E-state index in [1.165, 1.54) is 6.33 Å². The van der Waals surface area contributed by atoms with Gasteiger partial charge >= 0.3 is 0 Å². The molecule has 0 radical (unpaired) electrons. The predicted molar refractivity (Wildman–Crippen MR) is 47.5 cm³/mol. The van der Waals surface area contributed by atoms with E-state index >= 15 is 0 Å². The van der Waals surface area contributed by atoms with E-state index in [-0.39, 0.29) is 0 Å². The number of benzene rings is 1. The molecular weight excluding hydrogens is 148 g/mol. The highest BCUT2D eigenvalue weighted by atomic mass is 14.8. The van der Waals surface area contributed by atoms with E-state index < -0.39 is 0 Å². The van der Waals surface area contributed by atoms with Gasteiger partial charge in [-0.1, -0.05) is 12.0 Å². The van der Waals surface area contributed by atoms with Crippen molar-refractivity contribution in [1.29, 1.82) is 0 Å². The molecule has 0 aliphatic heterocycles. The molecule has 0 saturated carbocycles. The van der Waals surface area contributed by atoms with Crippen LogP contribution in [0.25, 0.3) is 10.9 Å². The van der Waals surface area contributed by atoms with E-state index in [0.29, 0.717) is 0 Å². The maximum atomic E-state index is 5.31. The van der Waals surface area contributed by atoms with Gasteiger partial charge in [0.2, 0.25) is 0 Å². The van der Waals surface area contributed by atoms with Gasteiger partial charge in [-0.2, -0.15) is 0 Å². The zero-order chi connectivity index (χ0) is 8.39. The molecule has 1 aromatic carbocycles. The van der Waals surface area contributed by atoms with E-state index in [9.17, 15) is 0 Å². The first-order chi connectivity index (χ1) is 5.92. The third kappa shape index (κ3) is 0.923. The van der Waals surface area contributed by atoms with Crippen molar-refractivity contribution in [2.24, 2.45) is 0 Å². The van der Waals surface area contributed by atoms with Gasteiger partial charge in [0.15, 0.2) is 0 Å². The number of hydrogen-bond donors (Lipinski definition) is 0. The number of hydrogen-bond acceptors (Lipinski definition) is 2. The monoisotopic (exact) mass is 154 g/mol. The summed E-state index contributed by atoms with van der Waals surface area (Å²) >= 11 is 0. The first-order valence-corrected chi connectivity index (χ1v) is 3.57. The molecule has 0 unspecified atom stereocenters. The maximum absolute atomic E-state index is 5.31. The second-order valence-corrected chi connectivity index (χ2v) is 2.41. The molecule has 12 heavy (non-hydrogen) atoms. The predicted octanol–water partition coefficient (Wildman–Crippen LogP) is 1.61. The van der Waals surface area contributed by atoms with Crippen LogP contribution in [0.5, 0.6) is 0 Å². The van der Waals surface area contributed by atoms with Crippen molar-refractivity contribution in [3.63, 3.8) is 0 Å². The van der Waals surface area contributed by atoms with Gasteiger partial charge < -0.3 is 0 Å². The summed E-state index contributed by atoms with van der Waals surface area (Å²) in [4.78, 5) is 8.00. The van der Waals surface area contributed by atoms with Crippen molar-refractivity contribution in [3.8, 4) is 12.3 Å². The molecule has 0 bridgehead atoms. The first-order valence-electron chi connectivity index (χ1n) is 3.57. The molecular formula is C10H6N2. The minimum atomic E-state index is 0.841. The Bertz CT molecular complexity index is 449. The SMILES string of the molecule is C#Cc1cccc2ncncc12. The average Bonchev–Trinajstić information content (AvgIpc) is 2.17. The molecule has 0 amide bonds. The van der Waals surface area contributed by atoms with E-state index in [1.807, 2.05) is 18.2 Å². The standard InChI is InChI=1S/C10H6N2/c1-2-8-4-3-5-10-9(8)6-11-7-12-10/h1,3-7H. The highest BCUT2D eigenvalue weighted by Gasteiger charge is 1.96. The van der Waals surface area contributed by atoms with Crippen LogP contribution < -0.4 is 0 Å². The van der Waals surface area contributed by atoms with Gasteiger partial charge in [-0.15, -0.1) is 6.42 Å².